The first kappa shape index (κ1) is 13.1. The molecular weight excluding hydrogens is 261 g/mol. The van der Waals surface area contributed by atoms with Crippen molar-refractivity contribution in [3.63, 3.8) is 0 Å². The van der Waals surface area contributed by atoms with Gasteiger partial charge >= 0.3 is 0 Å². The fourth-order valence-electron chi connectivity index (χ4n) is 2.51. The molecule has 0 fully saturated rings. The molecule has 1 aliphatic rings. The molecular formula is C14H16FN3O2. The summed E-state index contributed by atoms with van der Waals surface area (Å²) in [5.74, 6) is 1.75. The minimum Gasteiger partial charge on any atom is -0.491 e. The molecule has 0 aliphatic carbocycles. The summed E-state index contributed by atoms with van der Waals surface area (Å²) in [6.07, 6.45) is 0. The monoisotopic (exact) mass is 277 g/mol. The number of aryl methyl sites for hydroxylation is 2. The zero-order valence-corrected chi connectivity index (χ0v) is 11.7. The van der Waals surface area contributed by atoms with E-state index in [0.717, 1.165) is 5.82 Å². The van der Waals surface area contributed by atoms with E-state index in [1.54, 1.807) is 20.1 Å². The molecule has 1 aromatic carbocycles. The zero-order valence-electron chi connectivity index (χ0n) is 11.7. The van der Waals surface area contributed by atoms with Gasteiger partial charge in [-0.15, -0.1) is 10.2 Å². The Kier molecular flexibility index (Phi) is 3.17. The lowest BCUT2D eigenvalue weighted by Gasteiger charge is -2.17. The van der Waals surface area contributed by atoms with Crippen LogP contribution >= 0.6 is 0 Å². The molecule has 0 unspecified atom stereocenters. The molecule has 2 aromatic rings. The first-order valence-corrected chi connectivity index (χ1v) is 6.45. The van der Waals surface area contributed by atoms with Crippen LogP contribution in [-0.4, -0.2) is 35.1 Å². The molecule has 0 amide bonds. The second-order valence-corrected chi connectivity index (χ2v) is 4.96. The molecule has 5 nitrogen and oxygen atoms in total. The maximum Gasteiger partial charge on any atom is 0.168 e. The van der Waals surface area contributed by atoms with Crippen molar-refractivity contribution in [2.75, 3.05) is 20.3 Å². The van der Waals surface area contributed by atoms with Crippen molar-refractivity contribution >= 4 is 0 Å². The fourth-order valence-corrected chi connectivity index (χ4v) is 2.51. The number of ether oxygens (including phenoxy) is 2. The van der Waals surface area contributed by atoms with E-state index in [0.29, 0.717) is 35.9 Å². The highest BCUT2D eigenvalue weighted by Gasteiger charge is 2.27. The van der Waals surface area contributed by atoms with Crippen LogP contribution in [0.25, 0.3) is 11.4 Å². The molecule has 1 atom stereocenters. The second-order valence-electron chi connectivity index (χ2n) is 4.96. The molecule has 6 heteroatoms. The summed E-state index contributed by atoms with van der Waals surface area (Å²) in [5.41, 5.74) is 1.18. The van der Waals surface area contributed by atoms with Crippen LogP contribution in [0.5, 0.6) is 5.75 Å². The molecule has 0 saturated heterocycles. The molecule has 0 N–H and O–H groups in total. The fraction of sp³-hybridized carbons (Fsp3) is 0.429. The number of halogens is 1. The van der Waals surface area contributed by atoms with Gasteiger partial charge in [-0.05, 0) is 31.5 Å². The number of rotatable bonds is 2. The number of aromatic nitrogens is 3. The SMILES string of the molecule is COC[C@@H]1COc2cc(C)c(F)cc2-c2nnc(C)n21. The summed E-state index contributed by atoms with van der Waals surface area (Å²) in [6, 6.07) is 3.13. The van der Waals surface area contributed by atoms with Crippen molar-refractivity contribution in [2.24, 2.45) is 0 Å². The van der Waals surface area contributed by atoms with Crippen molar-refractivity contribution in [3.05, 3.63) is 29.3 Å². The lowest BCUT2D eigenvalue weighted by atomic mass is 10.1. The summed E-state index contributed by atoms with van der Waals surface area (Å²) in [5, 5.41) is 8.27. The van der Waals surface area contributed by atoms with E-state index in [2.05, 4.69) is 10.2 Å². The predicted molar refractivity (Wildman–Crippen MR) is 71.3 cm³/mol. The Labute approximate surface area is 116 Å². The van der Waals surface area contributed by atoms with E-state index in [9.17, 15) is 4.39 Å². The molecule has 1 aliphatic heterocycles. The van der Waals surface area contributed by atoms with Gasteiger partial charge in [0.05, 0.1) is 18.2 Å². The summed E-state index contributed by atoms with van der Waals surface area (Å²) in [7, 11) is 1.64. The molecule has 0 radical (unpaired) electrons. The topological polar surface area (TPSA) is 49.2 Å². The van der Waals surface area contributed by atoms with Crippen LogP contribution in [0.3, 0.4) is 0 Å². The zero-order chi connectivity index (χ0) is 14.3. The average Bonchev–Trinajstić information content (AvgIpc) is 2.73. The maximum atomic E-state index is 13.8. The van der Waals surface area contributed by atoms with Crippen molar-refractivity contribution in [1.82, 2.24) is 14.8 Å². The normalized spacial score (nSPS) is 17.1. The molecule has 1 aromatic heterocycles. The van der Waals surface area contributed by atoms with Gasteiger partial charge < -0.3 is 14.0 Å². The van der Waals surface area contributed by atoms with Gasteiger partial charge in [-0.3, -0.25) is 0 Å². The quantitative estimate of drug-likeness (QED) is 0.845. The van der Waals surface area contributed by atoms with Gasteiger partial charge in [0, 0.05) is 7.11 Å². The van der Waals surface area contributed by atoms with E-state index in [-0.39, 0.29) is 11.9 Å². The van der Waals surface area contributed by atoms with Gasteiger partial charge in [0.25, 0.3) is 0 Å². The molecule has 2 heterocycles. The van der Waals surface area contributed by atoms with Gasteiger partial charge in [0.2, 0.25) is 0 Å². The Morgan fingerprint density at radius 2 is 2.20 bits per heavy atom. The largest absolute Gasteiger partial charge is 0.491 e. The van der Waals surface area contributed by atoms with E-state index in [4.69, 9.17) is 9.47 Å². The van der Waals surface area contributed by atoms with Crippen LogP contribution in [0.1, 0.15) is 17.4 Å². The highest BCUT2D eigenvalue weighted by Crippen LogP contribution is 2.36. The second kappa shape index (κ2) is 4.86. The molecule has 0 spiro atoms. The first-order chi connectivity index (χ1) is 9.61. The van der Waals surface area contributed by atoms with Crippen molar-refractivity contribution in [3.8, 4) is 17.1 Å². The summed E-state index contributed by atoms with van der Waals surface area (Å²) in [4.78, 5) is 0. The maximum absolute atomic E-state index is 13.8. The number of nitrogens with zero attached hydrogens (tertiary/aromatic N) is 3. The first-order valence-electron chi connectivity index (χ1n) is 6.45. The third-order valence-corrected chi connectivity index (χ3v) is 3.52. The Hall–Kier alpha value is -1.95. The minimum absolute atomic E-state index is 0.0271. The van der Waals surface area contributed by atoms with Crippen LogP contribution in [-0.2, 0) is 4.74 Å². The third-order valence-electron chi connectivity index (χ3n) is 3.52. The van der Waals surface area contributed by atoms with Crippen molar-refractivity contribution in [1.29, 1.82) is 0 Å². The van der Waals surface area contributed by atoms with Crippen LogP contribution in [0.15, 0.2) is 12.1 Å². The summed E-state index contributed by atoms with van der Waals surface area (Å²) < 4.78 is 26.8. The number of hydrogen-bond acceptors (Lipinski definition) is 4. The van der Waals surface area contributed by atoms with Crippen LogP contribution in [0.2, 0.25) is 0 Å². The van der Waals surface area contributed by atoms with E-state index < -0.39 is 0 Å². The predicted octanol–water partition coefficient (Wildman–Crippen LogP) is 2.28. The van der Waals surface area contributed by atoms with Gasteiger partial charge in [-0.25, -0.2) is 4.39 Å². The van der Waals surface area contributed by atoms with Gasteiger partial charge in [-0.2, -0.15) is 0 Å². The number of hydrogen-bond donors (Lipinski definition) is 0. The van der Waals surface area contributed by atoms with Crippen molar-refractivity contribution in [2.45, 2.75) is 19.9 Å². The van der Waals surface area contributed by atoms with Crippen LogP contribution < -0.4 is 4.74 Å². The Morgan fingerprint density at radius 1 is 1.40 bits per heavy atom. The highest BCUT2D eigenvalue weighted by atomic mass is 19.1. The molecule has 0 saturated carbocycles. The van der Waals surface area contributed by atoms with Gasteiger partial charge in [0.1, 0.15) is 24.0 Å². The summed E-state index contributed by atoms with van der Waals surface area (Å²) in [6.45, 7) is 4.51. The average molecular weight is 277 g/mol. The standard InChI is InChI=1S/C14H16FN3O2/c1-8-4-13-11(5-12(8)15)14-17-16-9(2)18(14)10(6-19-3)7-20-13/h4-5,10H,6-7H2,1-3H3/t10-/m1/s1. The Bertz CT molecular complexity index is 654. The molecule has 3 rings (SSSR count). The molecule has 106 valence electrons. The summed E-state index contributed by atoms with van der Waals surface area (Å²) >= 11 is 0. The molecule has 20 heavy (non-hydrogen) atoms. The number of benzene rings is 1. The lowest BCUT2D eigenvalue weighted by molar-refractivity contribution is 0.124. The van der Waals surface area contributed by atoms with Gasteiger partial charge in [0.15, 0.2) is 5.82 Å². The smallest absolute Gasteiger partial charge is 0.168 e. The van der Waals surface area contributed by atoms with Crippen LogP contribution in [0.4, 0.5) is 4.39 Å². The Balaban J connectivity index is 2.19. The van der Waals surface area contributed by atoms with E-state index in [1.165, 1.54) is 6.07 Å². The van der Waals surface area contributed by atoms with Crippen LogP contribution in [0, 0.1) is 19.7 Å². The van der Waals surface area contributed by atoms with E-state index >= 15 is 0 Å². The van der Waals surface area contributed by atoms with Crippen molar-refractivity contribution < 1.29 is 13.9 Å². The lowest BCUT2D eigenvalue weighted by Crippen LogP contribution is -2.21. The molecule has 0 bridgehead atoms. The van der Waals surface area contributed by atoms with Gasteiger partial charge in [-0.1, -0.05) is 0 Å². The number of methoxy groups -OCH3 is 1. The van der Waals surface area contributed by atoms with E-state index in [1.807, 2.05) is 11.5 Å². The highest BCUT2D eigenvalue weighted by molar-refractivity contribution is 5.66. The Morgan fingerprint density at radius 3 is 2.95 bits per heavy atom. The number of fused-ring (bicyclic) bond motifs is 3. The third kappa shape index (κ3) is 1.96. The minimum atomic E-state index is -0.273.